The van der Waals surface area contributed by atoms with Crippen molar-refractivity contribution < 1.29 is 32.2 Å². The summed E-state index contributed by atoms with van der Waals surface area (Å²) in [6.07, 6.45) is 2.46. The van der Waals surface area contributed by atoms with Gasteiger partial charge in [-0.25, -0.2) is 8.42 Å². The second-order valence-corrected chi connectivity index (χ2v) is 10.2. The van der Waals surface area contributed by atoms with E-state index in [0.29, 0.717) is 37.7 Å². The van der Waals surface area contributed by atoms with E-state index in [-0.39, 0.29) is 16.8 Å². The summed E-state index contributed by atoms with van der Waals surface area (Å²) < 4.78 is 43.3. The maximum absolute atomic E-state index is 12.5. The number of rotatable bonds is 7. The zero-order valence-corrected chi connectivity index (χ0v) is 19.0. The van der Waals surface area contributed by atoms with Crippen LogP contribution in [0.25, 0.3) is 0 Å². The number of nitrogens with zero attached hydrogens (tertiary/aromatic N) is 1. The van der Waals surface area contributed by atoms with Gasteiger partial charge in [-0.05, 0) is 36.4 Å². The molecule has 11 heteroatoms. The topological polar surface area (TPSA) is 111 Å². The first-order chi connectivity index (χ1) is 15.4. The number of amides is 1. The fraction of sp³-hybridized carbons (Fsp3) is 0.429. The Kier molecular flexibility index (Phi) is 6.97. The highest BCUT2D eigenvalue weighted by molar-refractivity contribution is 7.89. The number of hydrogen-bond acceptors (Lipinski definition) is 8. The second-order valence-electron chi connectivity index (χ2n) is 7.40. The third kappa shape index (κ3) is 5.22. The number of carbonyl (C=O) groups is 2. The van der Waals surface area contributed by atoms with E-state index in [1.54, 1.807) is 16.2 Å². The fourth-order valence-corrected chi connectivity index (χ4v) is 5.52. The van der Waals surface area contributed by atoms with E-state index < -0.39 is 29.1 Å². The van der Waals surface area contributed by atoms with Gasteiger partial charge in [-0.15, -0.1) is 11.3 Å². The fourth-order valence-electron chi connectivity index (χ4n) is 3.67. The van der Waals surface area contributed by atoms with Crippen molar-refractivity contribution in [1.82, 2.24) is 9.62 Å². The number of ether oxygens (including phenoxy) is 3. The molecule has 0 saturated carbocycles. The molecule has 0 spiro atoms. The minimum Gasteiger partial charge on any atom is -0.490 e. The first-order valence-electron chi connectivity index (χ1n) is 10.3. The molecule has 172 valence electrons. The van der Waals surface area contributed by atoms with E-state index in [0.717, 1.165) is 17.7 Å². The van der Waals surface area contributed by atoms with Crippen molar-refractivity contribution in [3.05, 3.63) is 40.6 Å². The molecule has 1 N–H and O–H groups in total. The molecule has 1 unspecified atom stereocenters. The Morgan fingerprint density at radius 2 is 1.97 bits per heavy atom. The Bertz CT molecular complexity index is 1070. The van der Waals surface area contributed by atoms with Gasteiger partial charge in [-0.1, -0.05) is 6.07 Å². The number of likely N-dealkylation sites (tertiary alicyclic amines) is 1. The number of carbonyl (C=O) groups excluding carboxylic acids is 2. The SMILES string of the molecule is O=C(CNS(=O)(=O)c1ccc2c(c1)OCCCO2)OCC(=O)N1CCCC1c1cccs1. The van der Waals surface area contributed by atoms with Crippen molar-refractivity contribution >= 4 is 33.2 Å². The van der Waals surface area contributed by atoms with Crippen molar-refractivity contribution in [1.29, 1.82) is 0 Å². The third-order valence-electron chi connectivity index (χ3n) is 5.24. The number of fused-ring (bicyclic) bond motifs is 1. The number of benzene rings is 1. The Morgan fingerprint density at radius 1 is 1.16 bits per heavy atom. The average Bonchev–Trinajstić information content (AvgIpc) is 3.43. The summed E-state index contributed by atoms with van der Waals surface area (Å²) in [6.45, 7) is 0.516. The molecule has 9 nitrogen and oxygen atoms in total. The van der Waals surface area contributed by atoms with Crippen LogP contribution in [0.3, 0.4) is 0 Å². The van der Waals surface area contributed by atoms with E-state index in [1.165, 1.54) is 18.2 Å². The lowest BCUT2D eigenvalue weighted by Crippen LogP contribution is -2.36. The zero-order chi connectivity index (χ0) is 22.6. The van der Waals surface area contributed by atoms with Crippen LogP contribution in [-0.4, -0.2) is 58.1 Å². The van der Waals surface area contributed by atoms with Crippen LogP contribution >= 0.6 is 11.3 Å². The van der Waals surface area contributed by atoms with Crippen LogP contribution < -0.4 is 14.2 Å². The third-order valence-corrected chi connectivity index (χ3v) is 7.61. The minimum atomic E-state index is -3.97. The average molecular weight is 481 g/mol. The predicted molar refractivity (Wildman–Crippen MR) is 116 cm³/mol. The molecular weight excluding hydrogens is 456 g/mol. The summed E-state index contributed by atoms with van der Waals surface area (Å²) in [7, 11) is -3.97. The summed E-state index contributed by atoms with van der Waals surface area (Å²) in [6, 6.07) is 8.18. The lowest BCUT2D eigenvalue weighted by atomic mass is 10.2. The molecule has 1 atom stereocenters. The first-order valence-corrected chi connectivity index (χ1v) is 12.7. The van der Waals surface area contributed by atoms with E-state index in [2.05, 4.69) is 4.72 Å². The molecule has 2 aromatic rings. The molecule has 1 aromatic heterocycles. The van der Waals surface area contributed by atoms with Gasteiger partial charge in [0.2, 0.25) is 10.0 Å². The summed E-state index contributed by atoms with van der Waals surface area (Å²) in [5, 5.41) is 1.96. The van der Waals surface area contributed by atoms with Gasteiger partial charge < -0.3 is 19.1 Å². The molecule has 1 saturated heterocycles. The van der Waals surface area contributed by atoms with Crippen LogP contribution in [0, 0.1) is 0 Å². The number of thiophene rings is 1. The highest BCUT2D eigenvalue weighted by atomic mass is 32.2. The summed E-state index contributed by atoms with van der Waals surface area (Å²) in [5.74, 6) is -0.310. The largest absolute Gasteiger partial charge is 0.490 e. The van der Waals surface area contributed by atoms with Gasteiger partial charge in [-0.3, -0.25) is 9.59 Å². The van der Waals surface area contributed by atoms with Crippen LogP contribution in [0.15, 0.2) is 40.6 Å². The van der Waals surface area contributed by atoms with E-state index in [9.17, 15) is 18.0 Å². The number of nitrogens with one attached hydrogen (secondary N) is 1. The molecule has 3 heterocycles. The van der Waals surface area contributed by atoms with Gasteiger partial charge in [0.05, 0.1) is 24.2 Å². The summed E-state index contributed by atoms with van der Waals surface area (Å²) in [5.41, 5.74) is 0. The van der Waals surface area contributed by atoms with Gasteiger partial charge in [0.1, 0.15) is 6.54 Å². The van der Waals surface area contributed by atoms with Crippen LogP contribution in [0.4, 0.5) is 0 Å². The standard InChI is InChI=1S/C21H24N2O7S2/c24-20(23-8-1-4-16(23)19-5-2-11-31-19)14-30-21(25)13-22-32(26,27)15-6-7-17-18(12-15)29-10-3-9-28-17/h2,5-7,11-12,16,22H,1,3-4,8-10,13-14H2. The lowest BCUT2D eigenvalue weighted by molar-refractivity contribution is -0.151. The highest BCUT2D eigenvalue weighted by Gasteiger charge is 2.31. The van der Waals surface area contributed by atoms with Crippen LogP contribution in [0.1, 0.15) is 30.2 Å². The van der Waals surface area contributed by atoms with Crippen molar-refractivity contribution in [3.63, 3.8) is 0 Å². The van der Waals surface area contributed by atoms with Crippen molar-refractivity contribution in [2.24, 2.45) is 0 Å². The minimum absolute atomic E-state index is 0.000822. The monoisotopic (exact) mass is 480 g/mol. The number of sulfonamides is 1. The van der Waals surface area contributed by atoms with Crippen LogP contribution in [-0.2, 0) is 24.3 Å². The molecule has 1 aromatic carbocycles. The van der Waals surface area contributed by atoms with E-state index in [4.69, 9.17) is 14.2 Å². The highest BCUT2D eigenvalue weighted by Crippen LogP contribution is 2.34. The summed E-state index contributed by atoms with van der Waals surface area (Å²) in [4.78, 5) is 27.4. The van der Waals surface area contributed by atoms with Crippen molar-refractivity contribution in [3.8, 4) is 11.5 Å². The molecule has 2 aliphatic heterocycles. The first kappa shape index (κ1) is 22.6. The molecule has 2 aliphatic rings. The molecule has 0 radical (unpaired) electrons. The van der Waals surface area contributed by atoms with Crippen LogP contribution in [0.2, 0.25) is 0 Å². The Hall–Kier alpha value is -2.63. The predicted octanol–water partition coefficient (Wildman–Crippen LogP) is 2.09. The summed E-state index contributed by atoms with van der Waals surface area (Å²) >= 11 is 1.59. The van der Waals surface area contributed by atoms with Gasteiger partial charge in [0.25, 0.3) is 5.91 Å². The number of esters is 1. The molecule has 4 rings (SSSR count). The van der Waals surface area contributed by atoms with Gasteiger partial charge in [-0.2, -0.15) is 4.72 Å². The van der Waals surface area contributed by atoms with Gasteiger partial charge >= 0.3 is 5.97 Å². The molecule has 0 aliphatic carbocycles. The van der Waals surface area contributed by atoms with E-state index in [1.807, 2.05) is 17.5 Å². The maximum atomic E-state index is 12.5. The second kappa shape index (κ2) is 9.88. The molecule has 1 fully saturated rings. The quantitative estimate of drug-likeness (QED) is 0.604. The normalized spacial score (nSPS) is 18.2. The van der Waals surface area contributed by atoms with Crippen LogP contribution in [0.5, 0.6) is 11.5 Å². The zero-order valence-electron chi connectivity index (χ0n) is 17.3. The molecule has 0 bridgehead atoms. The maximum Gasteiger partial charge on any atom is 0.321 e. The Labute approximate surface area is 190 Å². The molecule has 32 heavy (non-hydrogen) atoms. The number of hydrogen-bond donors (Lipinski definition) is 1. The Balaban J connectivity index is 1.29. The van der Waals surface area contributed by atoms with Crippen molar-refractivity contribution in [2.75, 3.05) is 32.9 Å². The Morgan fingerprint density at radius 3 is 2.75 bits per heavy atom. The lowest BCUT2D eigenvalue weighted by Gasteiger charge is -2.23. The van der Waals surface area contributed by atoms with Gasteiger partial charge in [0.15, 0.2) is 18.1 Å². The molecular formula is C21H24N2O7S2. The van der Waals surface area contributed by atoms with Crippen molar-refractivity contribution in [2.45, 2.75) is 30.2 Å². The van der Waals surface area contributed by atoms with E-state index >= 15 is 0 Å². The van der Waals surface area contributed by atoms with Gasteiger partial charge in [0, 0.05) is 23.9 Å². The smallest absolute Gasteiger partial charge is 0.321 e. The molecule has 1 amide bonds.